The minimum Gasteiger partial charge on any atom is -0.341 e. The second-order valence-electron chi connectivity index (χ2n) is 5.43. The van der Waals surface area contributed by atoms with Crippen LogP contribution in [0.15, 0.2) is 41.7 Å². The summed E-state index contributed by atoms with van der Waals surface area (Å²) >= 11 is 0.890. The fraction of sp³-hybridized carbons (Fsp3) is 0.353. The summed E-state index contributed by atoms with van der Waals surface area (Å²) in [4.78, 5) is 20.9. The van der Waals surface area contributed by atoms with Crippen LogP contribution in [0.4, 0.5) is 13.2 Å². The van der Waals surface area contributed by atoms with Gasteiger partial charge in [0.25, 0.3) is 0 Å². The molecular formula is C17H18F3N3OS. The van der Waals surface area contributed by atoms with Crippen LogP contribution >= 0.6 is 11.8 Å². The van der Waals surface area contributed by atoms with E-state index < -0.39 is 11.9 Å². The van der Waals surface area contributed by atoms with Gasteiger partial charge in [-0.2, -0.15) is 13.2 Å². The lowest BCUT2D eigenvalue weighted by Gasteiger charge is -2.17. The minimum absolute atomic E-state index is 0.0230. The molecule has 1 heterocycles. The molecule has 134 valence electrons. The quantitative estimate of drug-likeness (QED) is 0.574. The largest absolute Gasteiger partial charge is 0.433 e. The molecule has 0 aliphatic carbocycles. The molecule has 0 atom stereocenters. The standard InChI is InChI=1S/C17H18F3N3OS/c1-3-12-4-6-13(7-5-12)10-23(2)15(24)11-25-16-21-9-8-14(22-16)17(18,19)20/h4-9H,3,10-11H2,1-2H3. The molecule has 2 rings (SSSR count). The van der Waals surface area contributed by atoms with E-state index >= 15 is 0 Å². The highest BCUT2D eigenvalue weighted by Gasteiger charge is 2.32. The van der Waals surface area contributed by atoms with Crippen molar-refractivity contribution in [1.82, 2.24) is 14.9 Å². The third-order valence-corrected chi connectivity index (χ3v) is 4.37. The number of aromatic nitrogens is 2. The van der Waals surface area contributed by atoms with E-state index in [2.05, 4.69) is 16.9 Å². The first-order chi connectivity index (χ1) is 11.8. The fourth-order valence-corrected chi connectivity index (χ4v) is 2.82. The molecule has 0 aliphatic rings. The normalized spacial score (nSPS) is 11.4. The van der Waals surface area contributed by atoms with Crippen molar-refractivity contribution in [3.63, 3.8) is 0 Å². The molecule has 0 aliphatic heterocycles. The second kappa shape index (κ2) is 8.33. The van der Waals surface area contributed by atoms with Crippen LogP contribution < -0.4 is 0 Å². The maximum absolute atomic E-state index is 12.6. The first-order valence-electron chi connectivity index (χ1n) is 7.64. The van der Waals surface area contributed by atoms with Gasteiger partial charge in [-0.3, -0.25) is 4.79 Å². The van der Waals surface area contributed by atoms with Gasteiger partial charge >= 0.3 is 6.18 Å². The monoisotopic (exact) mass is 369 g/mol. The highest BCUT2D eigenvalue weighted by Crippen LogP contribution is 2.28. The highest BCUT2D eigenvalue weighted by molar-refractivity contribution is 7.99. The first-order valence-corrected chi connectivity index (χ1v) is 8.63. The summed E-state index contributed by atoms with van der Waals surface area (Å²) in [6, 6.07) is 8.76. The van der Waals surface area contributed by atoms with Gasteiger partial charge in [0, 0.05) is 19.8 Å². The number of amides is 1. The van der Waals surface area contributed by atoms with Crippen molar-refractivity contribution in [3.8, 4) is 0 Å². The predicted molar refractivity (Wildman–Crippen MR) is 90.1 cm³/mol. The molecule has 1 aromatic heterocycles. The molecular weight excluding hydrogens is 351 g/mol. The topological polar surface area (TPSA) is 46.1 Å². The number of alkyl halides is 3. The zero-order chi connectivity index (χ0) is 18.4. The van der Waals surface area contributed by atoms with Crippen LogP contribution in [0.5, 0.6) is 0 Å². The summed E-state index contributed by atoms with van der Waals surface area (Å²) in [5, 5.41) is -0.0659. The Kier molecular flexibility index (Phi) is 6.41. The molecule has 0 saturated heterocycles. The smallest absolute Gasteiger partial charge is 0.341 e. The molecule has 0 saturated carbocycles. The average Bonchev–Trinajstić information content (AvgIpc) is 2.59. The zero-order valence-corrected chi connectivity index (χ0v) is 14.7. The summed E-state index contributed by atoms with van der Waals surface area (Å²) < 4.78 is 37.8. The van der Waals surface area contributed by atoms with E-state index in [9.17, 15) is 18.0 Å². The Morgan fingerprint density at radius 1 is 1.16 bits per heavy atom. The van der Waals surface area contributed by atoms with Crippen molar-refractivity contribution in [2.45, 2.75) is 31.2 Å². The van der Waals surface area contributed by atoms with Gasteiger partial charge in [-0.25, -0.2) is 9.97 Å². The minimum atomic E-state index is -4.52. The molecule has 0 N–H and O–H groups in total. The van der Waals surface area contributed by atoms with Crippen LogP contribution in [-0.4, -0.2) is 33.6 Å². The molecule has 1 aromatic carbocycles. The Bertz CT molecular complexity index is 720. The maximum atomic E-state index is 12.6. The van der Waals surface area contributed by atoms with Crippen LogP contribution in [0.25, 0.3) is 0 Å². The van der Waals surface area contributed by atoms with E-state index in [0.29, 0.717) is 6.54 Å². The Morgan fingerprint density at radius 2 is 1.80 bits per heavy atom. The van der Waals surface area contributed by atoms with E-state index in [1.165, 1.54) is 10.5 Å². The van der Waals surface area contributed by atoms with Crippen molar-refractivity contribution >= 4 is 17.7 Å². The number of thioether (sulfide) groups is 1. The molecule has 8 heteroatoms. The lowest BCUT2D eigenvalue weighted by atomic mass is 10.1. The first kappa shape index (κ1) is 19.2. The lowest BCUT2D eigenvalue weighted by Crippen LogP contribution is -2.27. The Balaban J connectivity index is 1.90. The van der Waals surface area contributed by atoms with Gasteiger partial charge in [-0.1, -0.05) is 43.0 Å². The second-order valence-corrected chi connectivity index (χ2v) is 6.37. The number of carbonyl (C=O) groups excluding carboxylic acids is 1. The van der Waals surface area contributed by atoms with E-state index in [-0.39, 0.29) is 16.8 Å². The van der Waals surface area contributed by atoms with Crippen LogP contribution in [0.3, 0.4) is 0 Å². The summed E-state index contributed by atoms with van der Waals surface area (Å²) in [6.45, 7) is 2.50. The summed E-state index contributed by atoms with van der Waals surface area (Å²) in [5.74, 6) is -0.226. The van der Waals surface area contributed by atoms with Gasteiger partial charge in [-0.05, 0) is 23.6 Å². The average molecular weight is 369 g/mol. The van der Waals surface area contributed by atoms with E-state index in [0.717, 1.165) is 36.0 Å². The zero-order valence-electron chi connectivity index (χ0n) is 13.9. The summed E-state index contributed by atoms with van der Waals surface area (Å²) in [7, 11) is 1.66. The van der Waals surface area contributed by atoms with Gasteiger partial charge in [0.05, 0.1) is 5.75 Å². The van der Waals surface area contributed by atoms with Crippen LogP contribution in [0.1, 0.15) is 23.7 Å². The van der Waals surface area contributed by atoms with Gasteiger partial charge in [0.15, 0.2) is 5.16 Å². The number of aryl methyl sites for hydroxylation is 1. The van der Waals surface area contributed by atoms with Crippen LogP contribution in [0.2, 0.25) is 0 Å². The number of rotatable bonds is 6. The van der Waals surface area contributed by atoms with E-state index in [1.807, 2.05) is 24.3 Å². The predicted octanol–water partition coefficient (Wildman–Crippen LogP) is 3.81. The summed E-state index contributed by atoms with van der Waals surface area (Å²) in [5.41, 5.74) is 1.20. The van der Waals surface area contributed by atoms with E-state index in [1.54, 1.807) is 7.05 Å². The Hall–Kier alpha value is -2.09. The highest BCUT2D eigenvalue weighted by atomic mass is 32.2. The van der Waals surface area contributed by atoms with Gasteiger partial charge < -0.3 is 4.90 Å². The van der Waals surface area contributed by atoms with Crippen molar-refractivity contribution in [3.05, 3.63) is 53.3 Å². The molecule has 2 aromatic rings. The molecule has 0 unspecified atom stereocenters. The van der Waals surface area contributed by atoms with Crippen molar-refractivity contribution in [2.75, 3.05) is 12.8 Å². The number of nitrogens with zero attached hydrogens (tertiary/aromatic N) is 3. The van der Waals surface area contributed by atoms with Gasteiger partial charge in [0.1, 0.15) is 5.69 Å². The fourth-order valence-electron chi connectivity index (χ4n) is 2.05. The van der Waals surface area contributed by atoms with Crippen LogP contribution in [-0.2, 0) is 23.9 Å². The molecule has 1 amide bonds. The molecule has 0 spiro atoms. The SMILES string of the molecule is CCc1ccc(CN(C)C(=O)CSc2nccc(C(F)(F)F)n2)cc1. The van der Waals surface area contributed by atoms with Crippen LogP contribution in [0, 0.1) is 0 Å². The number of hydrogen-bond acceptors (Lipinski definition) is 4. The molecule has 25 heavy (non-hydrogen) atoms. The number of halogens is 3. The third kappa shape index (κ3) is 5.74. The Morgan fingerprint density at radius 3 is 2.40 bits per heavy atom. The van der Waals surface area contributed by atoms with Crippen molar-refractivity contribution in [2.24, 2.45) is 0 Å². The molecule has 4 nitrogen and oxygen atoms in total. The van der Waals surface area contributed by atoms with Gasteiger partial charge in [0.2, 0.25) is 5.91 Å². The third-order valence-electron chi connectivity index (χ3n) is 3.53. The summed E-state index contributed by atoms with van der Waals surface area (Å²) in [6.07, 6.45) is -2.53. The molecule has 0 fully saturated rings. The Labute approximate surface area is 148 Å². The molecule has 0 radical (unpaired) electrons. The van der Waals surface area contributed by atoms with Crippen molar-refractivity contribution < 1.29 is 18.0 Å². The van der Waals surface area contributed by atoms with Crippen molar-refractivity contribution in [1.29, 1.82) is 0 Å². The lowest BCUT2D eigenvalue weighted by molar-refractivity contribution is -0.141. The molecule has 0 bridgehead atoms. The number of hydrogen-bond donors (Lipinski definition) is 0. The number of benzene rings is 1. The maximum Gasteiger partial charge on any atom is 0.433 e. The van der Waals surface area contributed by atoms with E-state index in [4.69, 9.17) is 0 Å². The van der Waals surface area contributed by atoms with Gasteiger partial charge in [-0.15, -0.1) is 0 Å². The number of carbonyl (C=O) groups is 1.